The lowest BCUT2D eigenvalue weighted by molar-refractivity contribution is -0.153. The van der Waals surface area contributed by atoms with Gasteiger partial charge >= 0.3 is 5.97 Å². The van der Waals surface area contributed by atoms with Crippen LogP contribution in [0.3, 0.4) is 0 Å². The molecule has 3 fully saturated rings. The van der Waals surface area contributed by atoms with Gasteiger partial charge in [-0.3, -0.25) is 0 Å². The molecule has 0 saturated carbocycles. The summed E-state index contributed by atoms with van der Waals surface area (Å²) in [6.45, 7) is 5.59. The molecule has 4 rings (SSSR count). The van der Waals surface area contributed by atoms with Crippen molar-refractivity contribution in [1.29, 1.82) is 0 Å². The molecule has 4 heteroatoms. The van der Waals surface area contributed by atoms with Crippen LogP contribution >= 0.6 is 0 Å². The van der Waals surface area contributed by atoms with Crippen LogP contribution in [0.2, 0.25) is 0 Å². The number of carbonyl (C=O) groups excluding carboxylic acids is 1. The number of ether oxygens (including phenoxy) is 1. The Morgan fingerprint density at radius 3 is 2.33 bits per heavy atom. The van der Waals surface area contributed by atoms with Crippen LogP contribution in [-0.4, -0.2) is 42.2 Å². The molecule has 3 aliphatic rings. The van der Waals surface area contributed by atoms with Gasteiger partial charge in [-0.25, -0.2) is 4.79 Å². The van der Waals surface area contributed by atoms with Gasteiger partial charge in [-0.15, -0.1) is 0 Å². The van der Waals surface area contributed by atoms with E-state index in [1.165, 1.54) is 44.5 Å². The van der Waals surface area contributed by atoms with Crippen molar-refractivity contribution < 1.29 is 14.6 Å². The molecule has 114 valence electrons. The first-order valence-electron chi connectivity index (χ1n) is 7.82. The minimum atomic E-state index is -1.18. The Morgan fingerprint density at radius 1 is 1.24 bits per heavy atom. The Bertz CT molecular complexity index is 489. The predicted octanol–water partition coefficient (Wildman–Crippen LogP) is 2.02. The summed E-state index contributed by atoms with van der Waals surface area (Å²) >= 11 is 0. The Hall–Kier alpha value is -1.39. The van der Waals surface area contributed by atoms with Crippen molar-refractivity contribution >= 4 is 5.97 Å². The number of benzene rings is 1. The normalized spacial score (nSPS) is 29.1. The van der Waals surface area contributed by atoms with Gasteiger partial charge in [-0.05, 0) is 62.4 Å². The van der Waals surface area contributed by atoms with E-state index in [-0.39, 0.29) is 6.61 Å². The fraction of sp³-hybridized carbons (Fsp3) is 0.588. The van der Waals surface area contributed by atoms with Gasteiger partial charge in [0.15, 0.2) is 6.10 Å². The monoisotopic (exact) mass is 289 g/mol. The number of hydrogen-bond donors (Lipinski definition) is 1. The maximum atomic E-state index is 11.6. The summed E-state index contributed by atoms with van der Waals surface area (Å²) in [7, 11) is 0. The van der Waals surface area contributed by atoms with Crippen molar-refractivity contribution in [3.05, 3.63) is 35.4 Å². The van der Waals surface area contributed by atoms with Crippen molar-refractivity contribution in [2.24, 2.45) is 0 Å². The number of carbonyl (C=O) groups is 1. The van der Waals surface area contributed by atoms with Crippen LogP contribution in [0.5, 0.6) is 0 Å². The molecule has 0 aromatic heterocycles. The molecular formula is C17H23NO3. The van der Waals surface area contributed by atoms with Crippen LogP contribution in [0.4, 0.5) is 0 Å². The average Bonchev–Trinajstić information content (AvgIpc) is 2.56. The molecule has 1 atom stereocenters. The van der Waals surface area contributed by atoms with Crippen molar-refractivity contribution in [1.82, 2.24) is 4.90 Å². The van der Waals surface area contributed by atoms with Crippen LogP contribution in [0, 0.1) is 0 Å². The highest BCUT2D eigenvalue weighted by Crippen LogP contribution is 2.42. The molecule has 0 radical (unpaired) electrons. The van der Waals surface area contributed by atoms with Gasteiger partial charge in [0.05, 0.1) is 6.61 Å². The van der Waals surface area contributed by atoms with E-state index in [1.807, 2.05) is 12.1 Å². The minimum absolute atomic E-state index is 0.285. The van der Waals surface area contributed by atoms with Gasteiger partial charge in [0.25, 0.3) is 0 Å². The first-order valence-corrected chi connectivity index (χ1v) is 7.82. The van der Waals surface area contributed by atoms with Gasteiger partial charge in [0.2, 0.25) is 0 Å². The van der Waals surface area contributed by atoms with Gasteiger partial charge in [0, 0.05) is 0 Å². The summed E-state index contributed by atoms with van der Waals surface area (Å²) in [6.07, 6.45) is 2.47. The van der Waals surface area contributed by atoms with Crippen LogP contribution in [0.15, 0.2) is 24.3 Å². The first-order chi connectivity index (χ1) is 10.1. The molecular weight excluding hydrogens is 266 g/mol. The van der Waals surface area contributed by atoms with E-state index in [9.17, 15) is 9.90 Å². The fourth-order valence-electron chi connectivity index (χ4n) is 3.64. The van der Waals surface area contributed by atoms with Crippen molar-refractivity contribution in [2.45, 2.75) is 37.7 Å². The van der Waals surface area contributed by atoms with Crippen molar-refractivity contribution in [3.8, 4) is 0 Å². The van der Waals surface area contributed by atoms with E-state index in [2.05, 4.69) is 17.0 Å². The Balaban J connectivity index is 1.76. The number of fused-ring (bicyclic) bond motifs is 3. The van der Waals surface area contributed by atoms with Gasteiger partial charge < -0.3 is 14.7 Å². The lowest BCUT2D eigenvalue weighted by Crippen LogP contribution is -2.50. The summed E-state index contributed by atoms with van der Waals surface area (Å²) in [5.74, 6) is -0.575. The number of esters is 1. The highest BCUT2D eigenvalue weighted by Gasteiger charge is 2.40. The predicted molar refractivity (Wildman–Crippen MR) is 80.0 cm³/mol. The van der Waals surface area contributed by atoms with Crippen molar-refractivity contribution in [3.63, 3.8) is 0 Å². The number of aliphatic hydroxyl groups is 1. The third-order valence-electron chi connectivity index (χ3n) is 5.07. The Kier molecular flexibility index (Phi) is 4.00. The van der Waals surface area contributed by atoms with Crippen LogP contribution in [0.1, 0.15) is 43.4 Å². The zero-order chi connectivity index (χ0) is 14.9. The summed E-state index contributed by atoms with van der Waals surface area (Å²) < 4.78 is 4.86. The topological polar surface area (TPSA) is 49.8 Å². The summed E-state index contributed by atoms with van der Waals surface area (Å²) in [6, 6.07) is 7.90. The molecule has 1 aromatic carbocycles. The third kappa shape index (κ3) is 2.70. The highest BCUT2D eigenvalue weighted by atomic mass is 16.5. The second-order valence-corrected chi connectivity index (χ2v) is 6.15. The van der Waals surface area contributed by atoms with Crippen LogP contribution < -0.4 is 0 Å². The van der Waals surface area contributed by atoms with E-state index in [0.717, 1.165) is 0 Å². The third-order valence-corrected chi connectivity index (χ3v) is 5.07. The van der Waals surface area contributed by atoms with Gasteiger partial charge in [-0.1, -0.05) is 24.3 Å². The standard InChI is InChI=1S/C17H23NO3/c1-2-21-16(20)15(19)13-3-5-14(6-4-13)17-7-10-18(11-8-17)12-9-17/h3-6,15,19H,2,7-12H2,1H3. The summed E-state index contributed by atoms with van der Waals surface area (Å²) in [5, 5.41) is 9.97. The smallest absolute Gasteiger partial charge is 0.339 e. The maximum Gasteiger partial charge on any atom is 0.339 e. The highest BCUT2D eigenvalue weighted by molar-refractivity contribution is 5.76. The molecule has 1 aromatic rings. The number of nitrogens with zero attached hydrogens (tertiary/aromatic N) is 1. The van der Waals surface area contributed by atoms with E-state index >= 15 is 0 Å². The fourth-order valence-corrected chi connectivity index (χ4v) is 3.64. The zero-order valence-electron chi connectivity index (χ0n) is 12.5. The maximum absolute atomic E-state index is 11.6. The second-order valence-electron chi connectivity index (χ2n) is 6.15. The first kappa shape index (κ1) is 14.5. The van der Waals surface area contributed by atoms with Gasteiger partial charge in [-0.2, -0.15) is 0 Å². The molecule has 0 amide bonds. The SMILES string of the molecule is CCOC(=O)C(O)c1ccc(C23CCN(CC2)CC3)cc1. The van der Waals surface area contributed by atoms with E-state index in [4.69, 9.17) is 4.74 Å². The largest absolute Gasteiger partial charge is 0.464 e. The molecule has 3 heterocycles. The zero-order valence-corrected chi connectivity index (χ0v) is 12.5. The lowest BCUT2D eigenvalue weighted by atomic mass is 9.67. The molecule has 21 heavy (non-hydrogen) atoms. The van der Waals surface area contributed by atoms with Gasteiger partial charge in [0.1, 0.15) is 0 Å². The quantitative estimate of drug-likeness (QED) is 0.862. The number of aliphatic hydroxyl groups excluding tert-OH is 1. The van der Waals surface area contributed by atoms with E-state index in [0.29, 0.717) is 11.0 Å². The Morgan fingerprint density at radius 2 is 1.81 bits per heavy atom. The minimum Gasteiger partial charge on any atom is -0.464 e. The number of hydrogen-bond acceptors (Lipinski definition) is 4. The van der Waals surface area contributed by atoms with E-state index in [1.54, 1.807) is 6.92 Å². The van der Waals surface area contributed by atoms with Crippen LogP contribution in [0.25, 0.3) is 0 Å². The molecule has 1 N–H and O–H groups in total. The van der Waals surface area contributed by atoms with Crippen molar-refractivity contribution in [2.75, 3.05) is 26.2 Å². The average molecular weight is 289 g/mol. The van der Waals surface area contributed by atoms with E-state index < -0.39 is 12.1 Å². The molecule has 0 aliphatic carbocycles. The summed E-state index contributed by atoms with van der Waals surface area (Å²) in [5.41, 5.74) is 2.27. The molecule has 4 nitrogen and oxygen atoms in total. The Labute approximate surface area is 125 Å². The molecule has 3 saturated heterocycles. The molecule has 1 unspecified atom stereocenters. The van der Waals surface area contributed by atoms with Crippen LogP contribution in [-0.2, 0) is 14.9 Å². The summed E-state index contributed by atoms with van der Waals surface area (Å²) in [4.78, 5) is 14.1. The molecule has 2 bridgehead atoms. The lowest BCUT2D eigenvalue weighted by Gasteiger charge is -2.49. The molecule has 3 aliphatic heterocycles. The number of piperidine rings is 3. The number of rotatable bonds is 4. The molecule has 0 spiro atoms. The second kappa shape index (κ2) is 5.78.